The number of carbonyl (C=O) groups is 2. The van der Waals surface area contributed by atoms with E-state index >= 15 is 0 Å². The van der Waals surface area contributed by atoms with Gasteiger partial charge in [0.1, 0.15) is 4.32 Å². The summed E-state index contributed by atoms with van der Waals surface area (Å²) in [5.74, 6) is 2.25. The number of hydrogen-bond donors (Lipinski definition) is 1. The van der Waals surface area contributed by atoms with Crippen LogP contribution in [0.2, 0.25) is 0 Å². The number of carbonyl (C=O) groups excluding carboxylic acids is 2. The minimum atomic E-state index is -0.0725. The lowest BCUT2D eigenvalue weighted by molar-refractivity contribution is -0.122. The maximum atomic E-state index is 12.7. The Morgan fingerprint density at radius 1 is 1.27 bits per heavy atom. The van der Waals surface area contributed by atoms with Gasteiger partial charge < -0.3 is 14.8 Å². The lowest BCUT2D eigenvalue weighted by atomic mass is 10.1. The second-order valence-corrected chi connectivity index (χ2v) is 9.60. The summed E-state index contributed by atoms with van der Waals surface area (Å²) in [5, 5.41) is 3.56. The predicted octanol–water partition coefficient (Wildman–Crippen LogP) is 3.40. The van der Waals surface area contributed by atoms with Crippen LogP contribution in [0.3, 0.4) is 0 Å². The van der Waals surface area contributed by atoms with Crippen LogP contribution in [-0.2, 0) is 9.59 Å². The summed E-state index contributed by atoms with van der Waals surface area (Å²) < 4.78 is 11.3. The number of ether oxygens (including phenoxy) is 2. The molecule has 1 fully saturated rings. The molecule has 0 bridgehead atoms. The topological polar surface area (TPSA) is 80.2 Å². The average molecular weight is 464 g/mol. The Morgan fingerprint density at radius 2 is 2.13 bits per heavy atom. The molecular weight excluding hydrogens is 442 g/mol. The van der Waals surface area contributed by atoms with Gasteiger partial charge in [-0.15, -0.1) is 0 Å². The Labute approximate surface area is 188 Å². The van der Waals surface area contributed by atoms with Crippen LogP contribution in [0.4, 0.5) is 0 Å². The minimum Gasteiger partial charge on any atom is -0.454 e. The van der Waals surface area contributed by atoms with E-state index in [0.717, 1.165) is 42.3 Å². The molecule has 1 saturated heterocycles. The van der Waals surface area contributed by atoms with Gasteiger partial charge in [0, 0.05) is 18.7 Å². The first-order valence-electron chi connectivity index (χ1n) is 9.72. The molecule has 3 aliphatic heterocycles. The molecule has 30 heavy (non-hydrogen) atoms. The molecule has 0 spiro atoms. The zero-order valence-electron chi connectivity index (χ0n) is 16.2. The third kappa shape index (κ3) is 5.16. The molecule has 0 aliphatic carbocycles. The first kappa shape index (κ1) is 21.2. The van der Waals surface area contributed by atoms with Crippen LogP contribution in [-0.4, -0.2) is 51.8 Å². The summed E-state index contributed by atoms with van der Waals surface area (Å²) in [5.41, 5.74) is 0.871. The third-order valence-corrected chi connectivity index (χ3v) is 6.95. The number of rotatable bonds is 7. The summed E-state index contributed by atoms with van der Waals surface area (Å²) in [7, 11) is 0. The smallest absolute Gasteiger partial charge is 0.266 e. The van der Waals surface area contributed by atoms with E-state index in [9.17, 15) is 9.59 Å². The molecule has 0 unspecified atom stereocenters. The molecular formula is C20H21N3O4S3. The normalized spacial score (nSPS) is 19.0. The summed E-state index contributed by atoms with van der Waals surface area (Å²) in [4.78, 5) is 31.1. The van der Waals surface area contributed by atoms with Gasteiger partial charge in [-0.2, -0.15) is 0 Å². The second-order valence-electron chi connectivity index (χ2n) is 6.84. The molecule has 0 radical (unpaired) electrons. The van der Waals surface area contributed by atoms with E-state index in [-0.39, 0.29) is 18.6 Å². The van der Waals surface area contributed by atoms with Gasteiger partial charge in [-0.05, 0) is 36.6 Å². The number of thioether (sulfide) groups is 2. The molecule has 2 amide bonds. The van der Waals surface area contributed by atoms with Crippen molar-refractivity contribution >= 4 is 63.1 Å². The van der Waals surface area contributed by atoms with E-state index < -0.39 is 0 Å². The lowest BCUT2D eigenvalue weighted by Gasteiger charge is -2.14. The van der Waals surface area contributed by atoms with Crippen molar-refractivity contribution < 1.29 is 19.1 Å². The van der Waals surface area contributed by atoms with Gasteiger partial charge in [-0.25, -0.2) is 0 Å². The summed E-state index contributed by atoms with van der Waals surface area (Å²) in [6.45, 7) is 1.55. The van der Waals surface area contributed by atoms with Gasteiger partial charge >= 0.3 is 0 Å². The van der Waals surface area contributed by atoms with Crippen molar-refractivity contribution in [1.82, 2.24) is 10.2 Å². The Bertz CT molecular complexity index is 932. The number of nitrogens with one attached hydrogen (secondary N) is 1. The molecule has 3 heterocycles. The zero-order chi connectivity index (χ0) is 20.9. The Hall–Kier alpha value is -2.04. The highest BCUT2D eigenvalue weighted by Crippen LogP contribution is 2.36. The average Bonchev–Trinajstić information content (AvgIpc) is 3.45. The van der Waals surface area contributed by atoms with E-state index in [1.807, 2.05) is 24.3 Å². The van der Waals surface area contributed by atoms with Crippen molar-refractivity contribution in [2.75, 3.05) is 25.6 Å². The number of fused-ring (bicyclic) bond motifs is 1. The van der Waals surface area contributed by atoms with Crippen molar-refractivity contribution in [2.24, 2.45) is 4.99 Å². The van der Waals surface area contributed by atoms with Crippen molar-refractivity contribution in [3.8, 4) is 11.5 Å². The van der Waals surface area contributed by atoms with Crippen LogP contribution in [0.5, 0.6) is 11.5 Å². The first-order chi connectivity index (χ1) is 14.6. The Morgan fingerprint density at radius 3 is 2.97 bits per heavy atom. The van der Waals surface area contributed by atoms with Crippen LogP contribution in [0.25, 0.3) is 6.08 Å². The summed E-state index contributed by atoms with van der Waals surface area (Å²) in [6, 6.07) is 5.58. The molecule has 0 saturated carbocycles. The fraction of sp³-hybridized carbons (Fsp3) is 0.400. The fourth-order valence-electron chi connectivity index (χ4n) is 3.17. The van der Waals surface area contributed by atoms with Gasteiger partial charge in [0.2, 0.25) is 12.7 Å². The molecule has 1 aromatic rings. The molecule has 0 atom stereocenters. The fourth-order valence-corrected chi connectivity index (χ4v) is 5.22. The molecule has 4 rings (SSSR count). The number of aliphatic imine (C=N–C) groups is 1. The molecule has 3 aliphatic rings. The van der Waals surface area contributed by atoms with Crippen LogP contribution < -0.4 is 14.8 Å². The molecule has 158 valence electrons. The van der Waals surface area contributed by atoms with Crippen LogP contribution in [0.1, 0.15) is 31.2 Å². The van der Waals surface area contributed by atoms with Crippen molar-refractivity contribution in [2.45, 2.75) is 25.7 Å². The number of benzene rings is 1. The SMILES string of the molecule is O=C(CCCCCN1C(=O)C(=Cc2ccc3c(c2)OCO3)SC1=S)NC1=NCCS1. The highest BCUT2D eigenvalue weighted by Gasteiger charge is 2.31. The maximum absolute atomic E-state index is 12.7. The number of nitrogens with zero attached hydrogens (tertiary/aromatic N) is 2. The van der Waals surface area contributed by atoms with E-state index in [1.54, 1.807) is 16.7 Å². The highest BCUT2D eigenvalue weighted by molar-refractivity contribution is 8.26. The first-order valence-corrected chi connectivity index (χ1v) is 11.9. The van der Waals surface area contributed by atoms with E-state index in [1.165, 1.54) is 11.8 Å². The van der Waals surface area contributed by atoms with Crippen LogP contribution in [0.15, 0.2) is 28.1 Å². The van der Waals surface area contributed by atoms with Gasteiger partial charge in [0.15, 0.2) is 16.7 Å². The molecule has 1 aromatic carbocycles. The van der Waals surface area contributed by atoms with E-state index in [0.29, 0.717) is 33.7 Å². The quantitative estimate of drug-likeness (QED) is 0.377. The zero-order valence-corrected chi connectivity index (χ0v) is 18.7. The lowest BCUT2D eigenvalue weighted by Crippen LogP contribution is -2.29. The number of hydrogen-bond acceptors (Lipinski definition) is 8. The molecule has 7 nitrogen and oxygen atoms in total. The van der Waals surface area contributed by atoms with Gasteiger partial charge in [0.25, 0.3) is 5.91 Å². The number of thiocarbonyl (C=S) groups is 1. The highest BCUT2D eigenvalue weighted by atomic mass is 32.2. The molecule has 10 heteroatoms. The second kappa shape index (κ2) is 9.84. The van der Waals surface area contributed by atoms with Crippen molar-refractivity contribution in [3.05, 3.63) is 28.7 Å². The van der Waals surface area contributed by atoms with E-state index in [4.69, 9.17) is 21.7 Å². The third-order valence-electron chi connectivity index (χ3n) is 4.69. The Balaban J connectivity index is 1.23. The maximum Gasteiger partial charge on any atom is 0.266 e. The van der Waals surface area contributed by atoms with Crippen molar-refractivity contribution in [1.29, 1.82) is 0 Å². The monoisotopic (exact) mass is 463 g/mol. The van der Waals surface area contributed by atoms with Gasteiger partial charge in [0.05, 0.1) is 11.4 Å². The van der Waals surface area contributed by atoms with Crippen LogP contribution in [0, 0.1) is 0 Å². The Kier molecular flexibility index (Phi) is 6.96. The predicted molar refractivity (Wildman–Crippen MR) is 124 cm³/mol. The van der Waals surface area contributed by atoms with E-state index in [2.05, 4.69) is 10.3 Å². The number of amidine groups is 1. The minimum absolute atomic E-state index is 0.000390. The molecule has 0 aromatic heterocycles. The van der Waals surface area contributed by atoms with Crippen molar-refractivity contribution in [3.63, 3.8) is 0 Å². The van der Waals surface area contributed by atoms with Gasteiger partial charge in [-0.3, -0.25) is 19.5 Å². The summed E-state index contributed by atoms with van der Waals surface area (Å²) >= 11 is 8.28. The van der Waals surface area contributed by atoms with Gasteiger partial charge in [-0.1, -0.05) is 48.2 Å². The standard InChI is InChI=1S/C20H21N3O4S3/c24-17(22-19-21-7-9-29-19)4-2-1-3-8-23-18(25)16(30-20(23)28)11-13-5-6-14-15(10-13)27-12-26-14/h5-6,10-11H,1-4,7-9,12H2,(H,21,22,24). The number of unbranched alkanes of at least 4 members (excludes halogenated alkanes) is 2. The summed E-state index contributed by atoms with van der Waals surface area (Å²) in [6.07, 6.45) is 4.71. The molecule has 1 N–H and O–H groups in total. The van der Waals surface area contributed by atoms with Crippen LogP contribution >= 0.6 is 35.7 Å². The largest absolute Gasteiger partial charge is 0.454 e. The number of amides is 2.